The maximum Gasteiger partial charge on any atom is 0.303 e. The summed E-state index contributed by atoms with van der Waals surface area (Å²) in [4.78, 5) is 24.1. The molecule has 0 aromatic rings. The minimum atomic E-state index is -0.664. The molecule has 4 rings (SSSR count). The molecule has 3 aliphatic carbocycles. The van der Waals surface area contributed by atoms with E-state index in [1.54, 1.807) is 0 Å². The van der Waals surface area contributed by atoms with E-state index in [0.29, 0.717) is 29.6 Å². The molecule has 1 saturated heterocycles. The highest BCUT2D eigenvalue weighted by Crippen LogP contribution is 2.68. The number of amides is 1. The lowest BCUT2D eigenvalue weighted by molar-refractivity contribution is -0.154. The van der Waals surface area contributed by atoms with Crippen LogP contribution in [0.3, 0.4) is 0 Å². The van der Waals surface area contributed by atoms with E-state index in [1.807, 2.05) is 0 Å². The van der Waals surface area contributed by atoms with Gasteiger partial charge in [0.25, 0.3) is 0 Å². The summed E-state index contributed by atoms with van der Waals surface area (Å²) in [6.45, 7) is 12.1. The zero-order chi connectivity index (χ0) is 23.3. The van der Waals surface area contributed by atoms with Crippen LogP contribution in [0.2, 0.25) is 0 Å². The first-order chi connectivity index (χ1) is 15.1. The SMILES string of the molecule is CC(C)CCCC(C)C1CCC2C3C(CC(=O)O)CC4NC(=O)CCC4(C)C3CC[C@]12C. The average molecular weight is 446 g/mol. The lowest BCUT2D eigenvalue weighted by atomic mass is 9.44. The van der Waals surface area contributed by atoms with Crippen molar-refractivity contribution in [3.8, 4) is 0 Å². The van der Waals surface area contributed by atoms with Crippen LogP contribution in [0.4, 0.5) is 0 Å². The Kier molecular flexibility index (Phi) is 6.73. The van der Waals surface area contributed by atoms with Gasteiger partial charge in [-0.25, -0.2) is 0 Å². The van der Waals surface area contributed by atoms with Crippen LogP contribution in [0.15, 0.2) is 0 Å². The molecule has 32 heavy (non-hydrogen) atoms. The Morgan fingerprint density at radius 2 is 1.78 bits per heavy atom. The topological polar surface area (TPSA) is 66.4 Å². The molecule has 4 heteroatoms. The molecule has 3 saturated carbocycles. The van der Waals surface area contributed by atoms with E-state index in [9.17, 15) is 14.7 Å². The van der Waals surface area contributed by atoms with Gasteiger partial charge in [0, 0.05) is 18.9 Å². The van der Waals surface area contributed by atoms with E-state index in [2.05, 4.69) is 39.9 Å². The number of fused-ring (bicyclic) bond motifs is 5. The molecule has 8 unspecified atom stereocenters. The number of rotatable bonds is 7. The standard InChI is InChI=1S/C28H47NO3/c1-17(2)7-6-8-18(3)20-9-10-21-26-19(16-25(31)32)15-23-28(5,14-12-24(30)29-23)22(26)11-13-27(20,21)4/h17-23,26H,6-16H2,1-5H3,(H,29,30)(H,31,32)/t18?,19?,20?,21?,22?,23?,26?,27-,28?/m1/s1. The number of carboxylic acid groups (broad SMARTS) is 1. The van der Waals surface area contributed by atoms with Crippen LogP contribution in [0, 0.1) is 52.3 Å². The van der Waals surface area contributed by atoms with Gasteiger partial charge in [-0.3, -0.25) is 9.59 Å². The van der Waals surface area contributed by atoms with Gasteiger partial charge in [-0.1, -0.05) is 53.9 Å². The molecule has 0 aromatic heterocycles. The zero-order valence-corrected chi connectivity index (χ0v) is 21.2. The maximum absolute atomic E-state index is 12.2. The molecular formula is C28H47NO3. The first-order valence-corrected chi connectivity index (χ1v) is 13.6. The van der Waals surface area contributed by atoms with Crippen LogP contribution in [0.25, 0.3) is 0 Å². The summed E-state index contributed by atoms with van der Waals surface area (Å²) >= 11 is 0. The summed E-state index contributed by atoms with van der Waals surface area (Å²) in [7, 11) is 0. The lowest BCUT2D eigenvalue weighted by Gasteiger charge is -2.62. The van der Waals surface area contributed by atoms with Crippen LogP contribution in [0.1, 0.15) is 105 Å². The molecule has 0 aromatic carbocycles. The molecule has 1 heterocycles. The van der Waals surface area contributed by atoms with Crippen LogP contribution in [-0.4, -0.2) is 23.0 Å². The van der Waals surface area contributed by atoms with Gasteiger partial charge in [0.1, 0.15) is 0 Å². The summed E-state index contributed by atoms with van der Waals surface area (Å²) in [6, 6.07) is 0.158. The number of carboxylic acids is 1. The Bertz CT molecular complexity index is 719. The molecule has 4 aliphatic rings. The first kappa shape index (κ1) is 24.1. The highest BCUT2D eigenvalue weighted by atomic mass is 16.4. The number of hydrogen-bond donors (Lipinski definition) is 2. The first-order valence-electron chi connectivity index (χ1n) is 13.6. The molecule has 182 valence electrons. The highest BCUT2D eigenvalue weighted by Gasteiger charge is 2.63. The fourth-order valence-corrected chi connectivity index (χ4v) is 9.31. The largest absolute Gasteiger partial charge is 0.481 e. The number of aliphatic carboxylic acids is 1. The molecule has 1 aliphatic heterocycles. The van der Waals surface area contributed by atoms with Gasteiger partial charge in [0.2, 0.25) is 5.91 Å². The van der Waals surface area contributed by atoms with Crippen molar-refractivity contribution in [2.24, 2.45) is 52.3 Å². The smallest absolute Gasteiger partial charge is 0.303 e. The predicted octanol–water partition coefficient (Wildman–Crippen LogP) is 6.29. The third-order valence-corrected chi connectivity index (χ3v) is 10.9. The predicted molar refractivity (Wildman–Crippen MR) is 128 cm³/mol. The van der Waals surface area contributed by atoms with Crippen molar-refractivity contribution >= 4 is 11.9 Å². The summed E-state index contributed by atoms with van der Waals surface area (Å²) in [5.41, 5.74) is 0.492. The summed E-state index contributed by atoms with van der Waals surface area (Å²) in [5.74, 6) is 3.75. The van der Waals surface area contributed by atoms with Crippen molar-refractivity contribution in [1.82, 2.24) is 5.32 Å². The summed E-state index contributed by atoms with van der Waals surface area (Å²) in [5, 5.41) is 13.1. The second-order valence-corrected chi connectivity index (χ2v) is 13.0. The Hall–Kier alpha value is -1.06. The van der Waals surface area contributed by atoms with Crippen LogP contribution in [0.5, 0.6) is 0 Å². The van der Waals surface area contributed by atoms with E-state index >= 15 is 0 Å². The van der Waals surface area contributed by atoms with Crippen LogP contribution >= 0.6 is 0 Å². The Morgan fingerprint density at radius 3 is 2.47 bits per heavy atom. The minimum Gasteiger partial charge on any atom is -0.481 e. The van der Waals surface area contributed by atoms with Gasteiger partial charge in [-0.2, -0.15) is 0 Å². The molecule has 4 fully saturated rings. The van der Waals surface area contributed by atoms with Crippen LogP contribution < -0.4 is 5.32 Å². The number of carbonyl (C=O) groups excluding carboxylic acids is 1. The van der Waals surface area contributed by atoms with E-state index < -0.39 is 5.97 Å². The molecule has 1 amide bonds. The van der Waals surface area contributed by atoms with Crippen molar-refractivity contribution in [3.63, 3.8) is 0 Å². The van der Waals surface area contributed by atoms with Gasteiger partial charge < -0.3 is 10.4 Å². The Labute approximate surface area is 195 Å². The molecular weight excluding hydrogens is 398 g/mol. The lowest BCUT2D eigenvalue weighted by Crippen LogP contribution is -2.63. The summed E-state index contributed by atoms with van der Waals surface area (Å²) in [6.07, 6.45) is 11.8. The Balaban J connectivity index is 1.58. The third kappa shape index (κ3) is 4.13. The number of carbonyl (C=O) groups is 2. The normalized spacial score (nSPS) is 44.4. The van der Waals surface area contributed by atoms with Gasteiger partial charge in [-0.05, 0) is 90.8 Å². The van der Waals surface area contributed by atoms with Crippen molar-refractivity contribution in [3.05, 3.63) is 0 Å². The van der Waals surface area contributed by atoms with Crippen molar-refractivity contribution in [2.75, 3.05) is 0 Å². The Morgan fingerprint density at radius 1 is 1.06 bits per heavy atom. The molecule has 9 atom stereocenters. The van der Waals surface area contributed by atoms with E-state index in [4.69, 9.17) is 0 Å². The summed E-state index contributed by atoms with van der Waals surface area (Å²) < 4.78 is 0. The highest BCUT2D eigenvalue weighted by molar-refractivity contribution is 5.77. The van der Waals surface area contributed by atoms with Gasteiger partial charge in [0.05, 0.1) is 0 Å². The monoisotopic (exact) mass is 445 g/mol. The van der Waals surface area contributed by atoms with E-state index in [1.165, 1.54) is 44.9 Å². The molecule has 0 radical (unpaired) electrons. The fraction of sp³-hybridized carbons (Fsp3) is 0.929. The maximum atomic E-state index is 12.2. The van der Waals surface area contributed by atoms with Gasteiger partial charge in [-0.15, -0.1) is 0 Å². The molecule has 4 nitrogen and oxygen atoms in total. The van der Waals surface area contributed by atoms with E-state index in [-0.39, 0.29) is 29.7 Å². The quantitative estimate of drug-likeness (QED) is 0.484. The van der Waals surface area contributed by atoms with Crippen molar-refractivity contribution in [2.45, 2.75) is 111 Å². The number of piperidine rings is 1. The van der Waals surface area contributed by atoms with Gasteiger partial charge in [0.15, 0.2) is 0 Å². The molecule has 2 N–H and O–H groups in total. The molecule has 0 bridgehead atoms. The third-order valence-electron chi connectivity index (χ3n) is 10.9. The zero-order valence-electron chi connectivity index (χ0n) is 21.2. The second kappa shape index (κ2) is 8.95. The van der Waals surface area contributed by atoms with Crippen molar-refractivity contribution in [1.29, 1.82) is 0 Å². The number of hydrogen-bond acceptors (Lipinski definition) is 2. The average Bonchev–Trinajstić information content (AvgIpc) is 3.05. The molecule has 0 spiro atoms. The van der Waals surface area contributed by atoms with E-state index in [0.717, 1.165) is 30.6 Å². The van der Waals surface area contributed by atoms with Crippen molar-refractivity contribution < 1.29 is 14.7 Å². The van der Waals surface area contributed by atoms with Crippen LogP contribution in [-0.2, 0) is 9.59 Å². The second-order valence-electron chi connectivity index (χ2n) is 13.0. The number of nitrogens with one attached hydrogen (secondary N) is 1. The van der Waals surface area contributed by atoms with Gasteiger partial charge >= 0.3 is 5.97 Å². The minimum absolute atomic E-state index is 0.135. The fourth-order valence-electron chi connectivity index (χ4n) is 9.31.